The van der Waals surface area contributed by atoms with Gasteiger partial charge in [0.1, 0.15) is 13.7 Å². The number of aromatic nitrogens is 2. The van der Waals surface area contributed by atoms with Crippen molar-refractivity contribution in [2.24, 2.45) is 0 Å². The molecule has 114 valence electrons. The molecular formula is C19H25BN2. The molecule has 0 fully saturated rings. The SMILES string of the molecule is [B]c1cc(-n2ccnc2C(CC)C/C=C\C)ccc1C(C)C. The third-order valence-electron chi connectivity index (χ3n) is 4.15. The zero-order valence-corrected chi connectivity index (χ0v) is 14.1. The van der Waals surface area contributed by atoms with Crippen LogP contribution >= 0.6 is 0 Å². The van der Waals surface area contributed by atoms with Crippen molar-refractivity contribution < 1.29 is 0 Å². The second-order valence-corrected chi connectivity index (χ2v) is 6.03. The maximum Gasteiger partial charge on any atom is 0.116 e. The lowest BCUT2D eigenvalue weighted by Gasteiger charge is -2.17. The van der Waals surface area contributed by atoms with E-state index in [1.54, 1.807) is 0 Å². The first kappa shape index (κ1) is 16.6. The summed E-state index contributed by atoms with van der Waals surface area (Å²) in [6.07, 6.45) is 10.3. The molecule has 3 heteroatoms. The van der Waals surface area contributed by atoms with Crippen molar-refractivity contribution in [3.05, 3.63) is 54.1 Å². The van der Waals surface area contributed by atoms with E-state index in [0.29, 0.717) is 11.8 Å². The van der Waals surface area contributed by atoms with Gasteiger partial charge in [-0.1, -0.05) is 50.0 Å². The molecule has 22 heavy (non-hydrogen) atoms. The zero-order valence-electron chi connectivity index (χ0n) is 14.1. The number of rotatable bonds is 6. The first-order valence-electron chi connectivity index (χ1n) is 8.12. The summed E-state index contributed by atoms with van der Waals surface area (Å²) in [5.41, 5.74) is 3.15. The van der Waals surface area contributed by atoms with Crippen molar-refractivity contribution in [3.63, 3.8) is 0 Å². The minimum Gasteiger partial charge on any atom is -0.304 e. The Labute approximate surface area is 135 Å². The number of imidazole rings is 1. The predicted molar refractivity (Wildman–Crippen MR) is 95.5 cm³/mol. The highest BCUT2D eigenvalue weighted by Gasteiger charge is 2.15. The Balaban J connectivity index is 2.38. The highest BCUT2D eigenvalue weighted by molar-refractivity contribution is 6.33. The number of benzene rings is 1. The summed E-state index contributed by atoms with van der Waals surface area (Å²) in [7, 11) is 6.22. The van der Waals surface area contributed by atoms with Gasteiger partial charge >= 0.3 is 0 Å². The fourth-order valence-electron chi connectivity index (χ4n) is 2.83. The first-order chi connectivity index (χ1) is 10.6. The van der Waals surface area contributed by atoms with Crippen LogP contribution in [-0.4, -0.2) is 17.4 Å². The second-order valence-electron chi connectivity index (χ2n) is 6.03. The van der Waals surface area contributed by atoms with Crippen LogP contribution in [-0.2, 0) is 0 Å². The molecule has 1 aromatic carbocycles. The van der Waals surface area contributed by atoms with Gasteiger partial charge in [0.25, 0.3) is 0 Å². The molecular weight excluding hydrogens is 267 g/mol. The molecule has 2 radical (unpaired) electrons. The minimum absolute atomic E-state index is 0.428. The average Bonchev–Trinajstić information content (AvgIpc) is 2.97. The van der Waals surface area contributed by atoms with Gasteiger partial charge in [-0.2, -0.15) is 0 Å². The monoisotopic (exact) mass is 292 g/mol. The van der Waals surface area contributed by atoms with Crippen LogP contribution in [0.15, 0.2) is 42.7 Å². The van der Waals surface area contributed by atoms with Crippen molar-refractivity contribution in [2.45, 2.75) is 52.4 Å². The molecule has 1 heterocycles. The number of hydrogen-bond donors (Lipinski definition) is 0. The van der Waals surface area contributed by atoms with E-state index < -0.39 is 0 Å². The van der Waals surface area contributed by atoms with E-state index in [1.165, 1.54) is 5.56 Å². The summed E-state index contributed by atoms with van der Waals surface area (Å²) >= 11 is 0. The van der Waals surface area contributed by atoms with Crippen LogP contribution in [0.4, 0.5) is 0 Å². The van der Waals surface area contributed by atoms with Gasteiger partial charge < -0.3 is 4.57 Å². The van der Waals surface area contributed by atoms with Crippen LogP contribution < -0.4 is 5.46 Å². The summed E-state index contributed by atoms with van der Waals surface area (Å²) in [5, 5.41) is 0. The fraction of sp³-hybridized carbons (Fsp3) is 0.421. The molecule has 0 aliphatic rings. The highest BCUT2D eigenvalue weighted by atomic mass is 15.1. The van der Waals surface area contributed by atoms with Gasteiger partial charge in [-0.05, 0) is 37.8 Å². The standard InChI is InChI=1S/C19H25BN2/c1-5-7-8-15(6-2)19-21-11-12-22(19)16-9-10-17(14(3)4)18(20)13-16/h5,7,9-15H,6,8H2,1-4H3/b7-5-. The molecule has 0 saturated carbocycles. The molecule has 1 unspecified atom stereocenters. The molecule has 2 rings (SSSR count). The lowest BCUT2D eigenvalue weighted by molar-refractivity contribution is 0.618. The molecule has 1 aromatic heterocycles. The van der Waals surface area contributed by atoms with E-state index in [1.807, 2.05) is 12.4 Å². The highest BCUT2D eigenvalue weighted by Crippen LogP contribution is 2.25. The summed E-state index contributed by atoms with van der Waals surface area (Å²) in [6, 6.07) is 6.33. The van der Waals surface area contributed by atoms with E-state index in [0.717, 1.165) is 29.8 Å². The lowest BCUT2D eigenvalue weighted by atomic mass is 9.85. The minimum atomic E-state index is 0.428. The van der Waals surface area contributed by atoms with E-state index in [9.17, 15) is 0 Å². The van der Waals surface area contributed by atoms with Gasteiger partial charge in [0.05, 0.1) is 0 Å². The molecule has 0 amide bonds. The van der Waals surface area contributed by atoms with Gasteiger partial charge in [-0.25, -0.2) is 4.98 Å². The Morgan fingerprint density at radius 3 is 2.68 bits per heavy atom. The largest absolute Gasteiger partial charge is 0.304 e. The Morgan fingerprint density at radius 2 is 2.09 bits per heavy atom. The van der Waals surface area contributed by atoms with E-state index in [2.05, 4.69) is 67.6 Å². The van der Waals surface area contributed by atoms with Crippen molar-refractivity contribution in [1.82, 2.24) is 9.55 Å². The van der Waals surface area contributed by atoms with Crippen LogP contribution in [0, 0.1) is 0 Å². The van der Waals surface area contributed by atoms with Crippen LogP contribution in [0.5, 0.6) is 0 Å². The van der Waals surface area contributed by atoms with Crippen LogP contribution in [0.2, 0.25) is 0 Å². The van der Waals surface area contributed by atoms with Crippen molar-refractivity contribution in [1.29, 1.82) is 0 Å². The fourth-order valence-corrected chi connectivity index (χ4v) is 2.83. The summed E-state index contributed by atoms with van der Waals surface area (Å²) in [4.78, 5) is 4.59. The predicted octanol–water partition coefficient (Wildman–Crippen LogP) is 4.25. The Hall–Kier alpha value is -1.77. The molecule has 2 aromatic rings. The van der Waals surface area contributed by atoms with Gasteiger partial charge in [-0.15, -0.1) is 0 Å². The summed E-state index contributed by atoms with van der Waals surface area (Å²) in [5.74, 6) is 1.98. The molecule has 0 aliphatic heterocycles. The summed E-state index contributed by atoms with van der Waals surface area (Å²) < 4.78 is 2.16. The lowest BCUT2D eigenvalue weighted by Crippen LogP contribution is -2.14. The maximum atomic E-state index is 6.22. The number of allylic oxidation sites excluding steroid dienone is 2. The van der Waals surface area contributed by atoms with Crippen molar-refractivity contribution in [3.8, 4) is 5.69 Å². The molecule has 2 nitrogen and oxygen atoms in total. The third-order valence-corrected chi connectivity index (χ3v) is 4.15. The van der Waals surface area contributed by atoms with E-state index in [-0.39, 0.29) is 0 Å². The van der Waals surface area contributed by atoms with Gasteiger partial charge in [0.15, 0.2) is 0 Å². The van der Waals surface area contributed by atoms with Crippen LogP contribution in [0.25, 0.3) is 5.69 Å². The normalized spacial score (nSPS) is 13.1. The first-order valence-corrected chi connectivity index (χ1v) is 8.12. The molecule has 0 spiro atoms. The van der Waals surface area contributed by atoms with Crippen LogP contribution in [0.1, 0.15) is 63.8 Å². The number of nitrogens with zero attached hydrogens (tertiary/aromatic N) is 2. The Kier molecular flexibility index (Phi) is 5.65. The molecule has 0 bridgehead atoms. The second kappa shape index (κ2) is 7.48. The van der Waals surface area contributed by atoms with E-state index >= 15 is 0 Å². The smallest absolute Gasteiger partial charge is 0.116 e. The Bertz CT molecular complexity index is 641. The maximum absolute atomic E-state index is 6.22. The molecule has 0 aliphatic carbocycles. The molecule has 0 N–H and O–H groups in total. The topological polar surface area (TPSA) is 17.8 Å². The van der Waals surface area contributed by atoms with Gasteiger partial charge in [0.2, 0.25) is 0 Å². The third kappa shape index (κ3) is 3.52. The molecule has 1 atom stereocenters. The van der Waals surface area contributed by atoms with E-state index in [4.69, 9.17) is 7.85 Å². The Morgan fingerprint density at radius 1 is 1.32 bits per heavy atom. The quantitative estimate of drug-likeness (QED) is 0.575. The van der Waals surface area contributed by atoms with Gasteiger partial charge in [0, 0.05) is 24.0 Å². The summed E-state index contributed by atoms with van der Waals surface area (Å²) in [6.45, 7) is 8.60. The van der Waals surface area contributed by atoms with Crippen LogP contribution in [0.3, 0.4) is 0 Å². The number of hydrogen-bond acceptors (Lipinski definition) is 1. The van der Waals surface area contributed by atoms with Gasteiger partial charge in [-0.3, -0.25) is 0 Å². The van der Waals surface area contributed by atoms with Crippen molar-refractivity contribution >= 4 is 13.3 Å². The molecule has 0 saturated heterocycles. The average molecular weight is 292 g/mol. The van der Waals surface area contributed by atoms with Crippen molar-refractivity contribution in [2.75, 3.05) is 0 Å². The zero-order chi connectivity index (χ0) is 16.1.